The lowest BCUT2D eigenvalue weighted by atomic mass is 10.1. The lowest BCUT2D eigenvalue weighted by Gasteiger charge is -2.27. The fourth-order valence-electron chi connectivity index (χ4n) is 8.31. The van der Waals surface area contributed by atoms with E-state index in [2.05, 4.69) is 195 Å². The van der Waals surface area contributed by atoms with Crippen molar-refractivity contribution >= 4 is 77.1 Å². The number of aromatic nitrogens is 3. The van der Waals surface area contributed by atoms with Crippen molar-refractivity contribution in [3.8, 4) is 5.69 Å². The first-order valence-corrected chi connectivity index (χ1v) is 17.4. The second kappa shape index (κ2) is 10.8. The Morgan fingerprint density at radius 1 is 0.392 bits per heavy atom. The molecule has 5 heteroatoms. The van der Waals surface area contributed by atoms with E-state index >= 15 is 0 Å². The van der Waals surface area contributed by atoms with E-state index in [1.807, 2.05) is 0 Å². The van der Waals surface area contributed by atoms with E-state index in [1.54, 1.807) is 0 Å². The average molecular weight is 654 g/mol. The highest BCUT2D eigenvalue weighted by Crippen LogP contribution is 2.37. The molecular formula is C46H31N5. The molecule has 11 rings (SSSR count). The van der Waals surface area contributed by atoms with Gasteiger partial charge in [0, 0.05) is 43.6 Å². The molecule has 0 aliphatic carbocycles. The van der Waals surface area contributed by atoms with Gasteiger partial charge in [0.1, 0.15) is 6.17 Å². The number of fused-ring (bicyclic) bond motifs is 9. The van der Waals surface area contributed by atoms with Gasteiger partial charge in [-0.05, 0) is 54.6 Å². The molecule has 0 bridgehead atoms. The van der Waals surface area contributed by atoms with Crippen LogP contribution in [0.1, 0.15) is 11.7 Å². The van der Waals surface area contributed by atoms with Gasteiger partial charge in [-0.1, -0.05) is 121 Å². The van der Waals surface area contributed by atoms with Gasteiger partial charge in [-0.2, -0.15) is 0 Å². The highest BCUT2D eigenvalue weighted by molar-refractivity contribution is 6.15. The molecule has 5 nitrogen and oxygen atoms in total. The van der Waals surface area contributed by atoms with Crippen LogP contribution in [0.4, 0.5) is 0 Å². The molecule has 0 saturated heterocycles. The second-order valence-electron chi connectivity index (χ2n) is 13.3. The Morgan fingerprint density at radius 2 is 0.765 bits per heavy atom. The molecule has 7 aromatic carbocycles. The van der Waals surface area contributed by atoms with Crippen LogP contribution < -0.4 is 5.32 Å². The normalized spacial score (nSPS) is 14.9. The maximum atomic E-state index is 5.42. The third-order valence-electron chi connectivity index (χ3n) is 10.5. The number of rotatable bonds is 3. The Kier molecular flexibility index (Phi) is 5.95. The van der Waals surface area contributed by atoms with Crippen molar-refractivity contribution in [3.05, 3.63) is 181 Å². The first kappa shape index (κ1) is 28.0. The van der Waals surface area contributed by atoms with Gasteiger partial charge >= 0.3 is 0 Å². The first-order valence-electron chi connectivity index (χ1n) is 17.4. The van der Waals surface area contributed by atoms with E-state index in [1.165, 1.54) is 54.4 Å². The quantitative estimate of drug-likeness (QED) is 0.202. The number of aliphatic imine (C=N–C) groups is 1. The maximum Gasteiger partial charge on any atom is 0.210 e. The van der Waals surface area contributed by atoms with Crippen LogP contribution in [0.2, 0.25) is 0 Å². The van der Waals surface area contributed by atoms with Gasteiger partial charge in [-0.25, -0.2) is 4.99 Å². The topological polar surface area (TPSA) is 39.2 Å². The Hall–Kier alpha value is -6.85. The Bertz CT molecular complexity index is 2900. The minimum Gasteiger partial charge on any atom is -0.331 e. The Morgan fingerprint density at radius 3 is 1.22 bits per heavy atom. The number of nitrogens with zero attached hydrogens (tertiary/aromatic N) is 4. The molecule has 0 amide bonds. The number of nitrogens with one attached hydrogen (secondary N) is 1. The summed E-state index contributed by atoms with van der Waals surface area (Å²) in [5.41, 5.74) is 10.1. The number of para-hydroxylation sites is 6. The standard InChI is InChI=1S/C46H31N5/c1-7-19-39-32(13-1)33-14-2-8-20-40(33)49(39)31-27-25-30(26-28-31)38-29-45(50-41-21-9-3-15-34(41)35-16-4-10-22-42(35)50)48-46(47-38)51-43-23-11-5-17-36(43)37-18-6-12-24-44(37)51/h1-29,45H,(H,47,48). The Balaban J connectivity index is 1.12. The zero-order valence-electron chi connectivity index (χ0n) is 27.6. The molecule has 0 spiro atoms. The molecule has 4 heterocycles. The molecule has 10 aromatic rings. The van der Waals surface area contributed by atoms with Crippen LogP contribution in [0.5, 0.6) is 0 Å². The van der Waals surface area contributed by atoms with Crippen molar-refractivity contribution in [2.75, 3.05) is 0 Å². The summed E-state index contributed by atoms with van der Waals surface area (Å²) < 4.78 is 7.06. The van der Waals surface area contributed by atoms with Gasteiger partial charge < -0.3 is 14.5 Å². The van der Waals surface area contributed by atoms with Crippen LogP contribution in [-0.2, 0) is 0 Å². The zero-order chi connectivity index (χ0) is 33.5. The third kappa shape index (κ3) is 4.12. The van der Waals surface area contributed by atoms with Crippen LogP contribution in [0, 0.1) is 0 Å². The summed E-state index contributed by atoms with van der Waals surface area (Å²) >= 11 is 0. The highest BCUT2D eigenvalue weighted by atomic mass is 15.3. The van der Waals surface area contributed by atoms with E-state index in [0.29, 0.717) is 0 Å². The zero-order valence-corrected chi connectivity index (χ0v) is 27.6. The fraction of sp³-hybridized carbons (Fsp3) is 0.0217. The van der Waals surface area contributed by atoms with Crippen LogP contribution in [0.15, 0.2) is 181 Å². The minimum atomic E-state index is -0.200. The smallest absolute Gasteiger partial charge is 0.210 e. The molecule has 1 N–H and O–H groups in total. The molecule has 3 aromatic heterocycles. The molecule has 0 radical (unpaired) electrons. The number of hydrogen-bond acceptors (Lipinski definition) is 2. The van der Waals surface area contributed by atoms with Gasteiger partial charge in [0.25, 0.3) is 0 Å². The molecule has 51 heavy (non-hydrogen) atoms. The minimum absolute atomic E-state index is 0.200. The van der Waals surface area contributed by atoms with Crippen molar-refractivity contribution in [3.63, 3.8) is 0 Å². The lowest BCUT2D eigenvalue weighted by Crippen LogP contribution is -2.38. The van der Waals surface area contributed by atoms with E-state index in [-0.39, 0.29) is 6.17 Å². The van der Waals surface area contributed by atoms with Gasteiger partial charge in [-0.15, -0.1) is 0 Å². The summed E-state index contributed by atoms with van der Waals surface area (Å²) in [6.45, 7) is 0. The molecule has 1 atom stereocenters. The van der Waals surface area contributed by atoms with E-state index in [4.69, 9.17) is 4.99 Å². The predicted octanol–water partition coefficient (Wildman–Crippen LogP) is 11.0. The average Bonchev–Trinajstić information content (AvgIpc) is 3.84. The van der Waals surface area contributed by atoms with Crippen LogP contribution >= 0.6 is 0 Å². The largest absolute Gasteiger partial charge is 0.331 e. The van der Waals surface area contributed by atoms with Gasteiger partial charge in [-0.3, -0.25) is 4.57 Å². The van der Waals surface area contributed by atoms with Gasteiger partial charge in [0.2, 0.25) is 5.96 Å². The summed E-state index contributed by atoms with van der Waals surface area (Å²) in [4.78, 5) is 5.42. The van der Waals surface area contributed by atoms with Crippen molar-refractivity contribution in [1.82, 2.24) is 19.0 Å². The number of hydrogen-bond donors (Lipinski definition) is 1. The first-order chi connectivity index (χ1) is 25.3. The van der Waals surface area contributed by atoms with Gasteiger partial charge in [0.15, 0.2) is 0 Å². The van der Waals surface area contributed by atoms with E-state index in [0.717, 1.165) is 33.9 Å². The molecule has 0 fully saturated rings. The SMILES string of the molecule is C1=C(c2ccc(-n3c4ccccc4c4ccccc43)cc2)N=C(n2c3ccccc3c3ccccc32)NC1n1c2ccccc2c2ccccc21. The Labute approximate surface area is 293 Å². The van der Waals surface area contributed by atoms with Gasteiger partial charge in [0.05, 0.1) is 38.8 Å². The van der Waals surface area contributed by atoms with Crippen molar-refractivity contribution in [2.45, 2.75) is 6.17 Å². The van der Waals surface area contributed by atoms with Crippen molar-refractivity contribution in [1.29, 1.82) is 0 Å². The molecule has 1 aliphatic heterocycles. The molecule has 0 saturated carbocycles. The van der Waals surface area contributed by atoms with E-state index < -0.39 is 0 Å². The summed E-state index contributed by atoms with van der Waals surface area (Å²) in [6.07, 6.45) is 2.07. The molecule has 240 valence electrons. The second-order valence-corrected chi connectivity index (χ2v) is 13.3. The third-order valence-corrected chi connectivity index (χ3v) is 10.5. The maximum absolute atomic E-state index is 5.42. The summed E-state index contributed by atoms with van der Waals surface area (Å²) in [7, 11) is 0. The summed E-state index contributed by atoms with van der Waals surface area (Å²) in [6, 6.07) is 60.8. The molecular weight excluding hydrogens is 623 g/mol. The van der Waals surface area contributed by atoms with Crippen molar-refractivity contribution < 1.29 is 0 Å². The summed E-state index contributed by atoms with van der Waals surface area (Å²) in [5.74, 6) is 0.795. The van der Waals surface area contributed by atoms with Crippen LogP contribution in [0.25, 0.3) is 76.8 Å². The lowest BCUT2D eigenvalue weighted by molar-refractivity contribution is 0.591. The summed E-state index contributed by atoms with van der Waals surface area (Å²) in [5, 5.41) is 11.3. The predicted molar refractivity (Wildman–Crippen MR) is 213 cm³/mol. The van der Waals surface area contributed by atoms with Crippen LogP contribution in [-0.4, -0.2) is 19.7 Å². The monoisotopic (exact) mass is 653 g/mol. The fourth-order valence-corrected chi connectivity index (χ4v) is 8.31. The van der Waals surface area contributed by atoms with Crippen LogP contribution in [0.3, 0.4) is 0 Å². The van der Waals surface area contributed by atoms with Crippen molar-refractivity contribution in [2.24, 2.45) is 4.99 Å². The van der Waals surface area contributed by atoms with E-state index in [9.17, 15) is 0 Å². The highest BCUT2D eigenvalue weighted by Gasteiger charge is 2.25. The molecule has 1 unspecified atom stereocenters. The number of benzene rings is 7. The molecule has 1 aliphatic rings.